The Kier molecular flexibility index (Phi) is 8.07. The summed E-state index contributed by atoms with van der Waals surface area (Å²) < 4.78 is 6.05. The van der Waals surface area contributed by atoms with Gasteiger partial charge in [-0.05, 0) is 44.6 Å². The first-order chi connectivity index (χ1) is 14.1. The first-order valence-electron chi connectivity index (χ1n) is 11.0. The molecule has 1 heterocycles. The lowest BCUT2D eigenvalue weighted by molar-refractivity contribution is -0.138. The van der Waals surface area contributed by atoms with E-state index in [9.17, 15) is 9.59 Å². The minimum atomic E-state index is -0.129. The molecule has 3 rings (SSSR count). The summed E-state index contributed by atoms with van der Waals surface area (Å²) in [6, 6.07) is 10.3. The average molecular weight is 402 g/mol. The number of carbonyl (C=O) groups excluding carboxylic acids is 2. The van der Waals surface area contributed by atoms with Gasteiger partial charge >= 0.3 is 0 Å². The Morgan fingerprint density at radius 2 is 1.86 bits per heavy atom. The molecule has 0 radical (unpaired) electrons. The molecule has 6 heteroatoms. The van der Waals surface area contributed by atoms with Crippen molar-refractivity contribution in [3.8, 4) is 0 Å². The van der Waals surface area contributed by atoms with E-state index in [1.807, 2.05) is 36.9 Å². The molecular weight excluding hydrogens is 366 g/mol. The molecular formula is C23H35N3O3. The molecule has 1 atom stereocenters. The fourth-order valence-corrected chi connectivity index (χ4v) is 3.94. The van der Waals surface area contributed by atoms with Crippen LogP contribution in [0.3, 0.4) is 0 Å². The maximum Gasteiger partial charge on any atom is 0.248 e. The van der Waals surface area contributed by atoms with E-state index >= 15 is 0 Å². The molecule has 0 N–H and O–H groups in total. The van der Waals surface area contributed by atoms with Crippen molar-refractivity contribution in [1.82, 2.24) is 14.7 Å². The summed E-state index contributed by atoms with van der Waals surface area (Å²) in [6.45, 7) is 8.81. The quantitative estimate of drug-likeness (QED) is 0.602. The van der Waals surface area contributed by atoms with Gasteiger partial charge in [0.05, 0.1) is 12.6 Å². The van der Waals surface area contributed by atoms with Crippen molar-refractivity contribution in [3.05, 3.63) is 35.9 Å². The second kappa shape index (κ2) is 10.7. The lowest BCUT2D eigenvalue weighted by Gasteiger charge is -2.26. The average Bonchev–Trinajstić information content (AvgIpc) is 3.55. The molecule has 1 aromatic carbocycles. The monoisotopic (exact) mass is 401 g/mol. The number of likely N-dealkylation sites (N-methyl/N-ethyl adjacent to an activating group) is 1. The molecule has 29 heavy (non-hydrogen) atoms. The summed E-state index contributed by atoms with van der Waals surface area (Å²) in [7, 11) is 0. The molecule has 1 saturated heterocycles. The van der Waals surface area contributed by atoms with E-state index in [-0.39, 0.29) is 24.5 Å². The van der Waals surface area contributed by atoms with Crippen molar-refractivity contribution in [2.75, 3.05) is 52.4 Å². The van der Waals surface area contributed by atoms with Gasteiger partial charge in [0.1, 0.15) is 6.61 Å². The van der Waals surface area contributed by atoms with Gasteiger partial charge in [-0.2, -0.15) is 0 Å². The second-order valence-corrected chi connectivity index (χ2v) is 8.21. The van der Waals surface area contributed by atoms with Crippen LogP contribution >= 0.6 is 0 Å². The van der Waals surface area contributed by atoms with Crippen LogP contribution in [0.1, 0.15) is 32.3 Å². The minimum Gasteiger partial charge on any atom is -0.365 e. The molecule has 1 unspecified atom stereocenters. The van der Waals surface area contributed by atoms with E-state index in [2.05, 4.69) is 17.0 Å². The largest absolute Gasteiger partial charge is 0.365 e. The van der Waals surface area contributed by atoms with E-state index < -0.39 is 0 Å². The number of carbonyl (C=O) groups is 2. The zero-order chi connectivity index (χ0) is 20.6. The molecule has 0 spiro atoms. The van der Waals surface area contributed by atoms with E-state index in [0.29, 0.717) is 32.7 Å². The van der Waals surface area contributed by atoms with Crippen LogP contribution in [0.15, 0.2) is 30.3 Å². The highest BCUT2D eigenvalue weighted by Gasteiger charge is 2.32. The van der Waals surface area contributed by atoms with Crippen molar-refractivity contribution in [2.24, 2.45) is 5.92 Å². The first-order valence-corrected chi connectivity index (χ1v) is 11.0. The number of hydrogen-bond donors (Lipinski definition) is 0. The maximum absolute atomic E-state index is 12.9. The molecule has 1 aliphatic heterocycles. The van der Waals surface area contributed by atoms with Crippen LogP contribution in [0, 0.1) is 5.92 Å². The first kappa shape index (κ1) is 21.8. The Hall–Kier alpha value is -1.92. The van der Waals surface area contributed by atoms with Crippen LogP contribution < -0.4 is 0 Å². The van der Waals surface area contributed by atoms with Gasteiger partial charge < -0.3 is 14.5 Å². The van der Waals surface area contributed by atoms with Crippen LogP contribution in [0.2, 0.25) is 0 Å². The third kappa shape index (κ3) is 6.82. The highest BCUT2D eigenvalue weighted by Crippen LogP contribution is 2.30. The Balaban J connectivity index is 1.60. The van der Waals surface area contributed by atoms with Crippen molar-refractivity contribution in [3.63, 3.8) is 0 Å². The van der Waals surface area contributed by atoms with Crippen molar-refractivity contribution < 1.29 is 14.3 Å². The van der Waals surface area contributed by atoms with Gasteiger partial charge in [0, 0.05) is 39.3 Å². The summed E-state index contributed by atoms with van der Waals surface area (Å²) in [4.78, 5) is 31.2. The maximum atomic E-state index is 12.9. The summed E-state index contributed by atoms with van der Waals surface area (Å²) >= 11 is 0. The van der Waals surface area contributed by atoms with Gasteiger partial charge in [0.2, 0.25) is 11.8 Å². The molecule has 6 nitrogen and oxygen atoms in total. The molecule has 2 amide bonds. The van der Waals surface area contributed by atoms with E-state index in [1.54, 1.807) is 4.90 Å². The smallest absolute Gasteiger partial charge is 0.248 e. The standard InChI is InChI=1S/C23H35N3O3/c1-3-25(4-2)23(28)18-29-21-15-24(14-20-10-11-20)17-22(27)26(16-21)13-12-19-8-6-5-7-9-19/h5-9,20-21H,3-4,10-18H2,1-2H3. The number of benzene rings is 1. The summed E-state index contributed by atoms with van der Waals surface area (Å²) in [5.74, 6) is 0.912. The number of amides is 2. The van der Waals surface area contributed by atoms with Crippen molar-refractivity contribution >= 4 is 11.8 Å². The highest BCUT2D eigenvalue weighted by atomic mass is 16.5. The van der Waals surface area contributed by atoms with E-state index in [1.165, 1.54) is 18.4 Å². The van der Waals surface area contributed by atoms with Crippen molar-refractivity contribution in [1.29, 1.82) is 0 Å². The molecule has 1 saturated carbocycles. The second-order valence-electron chi connectivity index (χ2n) is 8.21. The lowest BCUT2D eigenvalue weighted by atomic mass is 10.1. The topological polar surface area (TPSA) is 53.1 Å². The number of rotatable bonds is 10. The fourth-order valence-electron chi connectivity index (χ4n) is 3.94. The van der Waals surface area contributed by atoms with Crippen LogP contribution in [0.25, 0.3) is 0 Å². The summed E-state index contributed by atoms with van der Waals surface area (Å²) in [5.41, 5.74) is 1.23. The van der Waals surface area contributed by atoms with Gasteiger partial charge in [0.25, 0.3) is 0 Å². The minimum absolute atomic E-state index is 0.0233. The number of hydrogen-bond acceptors (Lipinski definition) is 4. The van der Waals surface area contributed by atoms with Gasteiger partial charge in [-0.1, -0.05) is 30.3 Å². The van der Waals surface area contributed by atoms with Gasteiger partial charge in [-0.15, -0.1) is 0 Å². The van der Waals surface area contributed by atoms with Crippen LogP contribution in [0.4, 0.5) is 0 Å². The van der Waals surface area contributed by atoms with Gasteiger partial charge in [0.15, 0.2) is 0 Å². The fraction of sp³-hybridized carbons (Fsp3) is 0.652. The third-order valence-electron chi connectivity index (χ3n) is 5.88. The molecule has 0 bridgehead atoms. The summed E-state index contributed by atoms with van der Waals surface area (Å²) in [6.07, 6.45) is 3.22. The lowest BCUT2D eigenvalue weighted by Crippen LogP contribution is -2.41. The van der Waals surface area contributed by atoms with E-state index in [4.69, 9.17) is 4.74 Å². The van der Waals surface area contributed by atoms with E-state index in [0.717, 1.165) is 25.4 Å². The normalized spacial score (nSPS) is 20.6. The predicted molar refractivity (Wildman–Crippen MR) is 114 cm³/mol. The Bertz CT molecular complexity index is 659. The van der Waals surface area contributed by atoms with Crippen molar-refractivity contribution in [2.45, 2.75) is 39.2 Å². The number of nitrogens with zero attached hydrogens (tertiary/aromatic N) is 3. The summed E-state index contributed by atoms with van der Waals surface area (Å²) in [5, 5.41) is 0. The SMILES string of the molecule is CCN(CC)C(=O)COC1CN(CC2CC2)CC(=O)N(CCc2ccccc2)C1. The van der Waals surface area contributed by atoms with Crippen LogP contribution in [0.5, 0.6) is 0 Å². The zero-order valence-corrected chi connectivity index (χ0v) is 17.9. The van der Waals surface area contributed by atoms with Gasteiger partial charge in [-0.25, -0.2) is 0 Å². The Morgan fingerprint density at radius 1 is 1.14 bits per heavy atom. The highest BCUT2D eigenvalue weighted by molar-refractivity contribution is 5.79. The van der Waals surface area contributed by atoms with Crippen LogP contribution in [-0.4, -0.2) is 85.0 Å². The van der Waals surface area contributed by atoms with Gasteiger partial charge in [-0.3, -0.25) is 14.5 Å². The molecule has 2 aliphatic rings. The van der Waals surface area contributed by atoms with Crippen LogP contribution in [-0.2, 0) is 20.7 Å². The molecule has 160 valence electrons. The third-order valence-corrected chi connectivity index (χ3v) is 5.88. The molecule has 1 aromatic rings. The molecule has 0 aromatic heterocycles. The number of ether oxygens (including phenoxy) is 1. The molecule has 1 aliphatic carbocycles. The zero-order valence-electron chi connectivity index (χ0n) is 17.9. The Morgan fingerprint density at radius 3 is 2.52 bits per heavy atom. The predicted octanol–water partition coefficient (Wildman–Crippen LogP) is 2.04. The Labute approximate surface area is 174 Å². The molecule has 2 fully saturated rings.